The third kappa shape index (κ3) is 2.87. The SMILES string of the molecule is CCOC(=O)C1=NOC(c2ccc([N+](=O)[O-])cc2)C1. The van der Waals surface area contributed by atoms with Gasteiger partial charge in [0.15, 0.2) is 11.8 Å². The minimum atomic E-state index is -0.494. The van der Waals surface area contributed by atoms with Crippen molar-refractivity contribution in [1.82, 2.24) is 0 Å². The number of carbonyl (C=O) groups is 1. The predicted octanol–water partition coefficient (Wildman–Crippen LogP) is 1.98. The van der Waals surface area contributed by atoms with Crippen LogP contribution in [0.25, 0.3) is 0 Å². The quantitative estimate of drug-likeness (QED) is 0.471. The molecule has 0 aromatic heterocycles. The van der Waals surface area contributed by atoms with Gasteiger partial charge in [-0.15, -0.1) is 0 Å². The molecule has 1 aliphatic heterocycles. The van der Waals surface area contributed by atoms with Gasteiger partial charge >= 0.3 is 5.97 Å². The van der Waals surface area contributed by atoms with E-state index in [4.69, 9.17) is 9.57 Å². The Morgan fingerprint density at radius 3 is 2.79 bits per heavy atom. The summed E-state index contributed by atoms with van der Waals surface area (Å²) in [6.45, 7) is 1.99. The van der Waals surface area contributed by atoms with Crippen molar-refractivity contribution in [3.63, 3.8) is 0 Å². The molecule has 1 aromatic carbocycles. The molecule has 19 heavy (non-hydrogen) atoms. The molecule has 0 fully saturated rings. The Hall–Kier alpha value is -2.44. The van der Waals surface area contributed by atoms with Crippen molar-refractivity contribution in [3.05, 3.63) is 39.9 Å². The number of benzene rings is 1. The summed E-state index contributed by atoms with van der Waals surface area (Å²) in [5, 5.41) is 14.2. The van der Waals surface area contributed by atoms with Crippen molar-refractivity contribution >= 4 is 17.4 Å². The lowest BCUT2D eigenvalue weighted by Gasteiger charge is -2.07. The second kappa shape index (κ2) is 5.47. The molecule has 0 spiro atoms. The highest BCUT2D eigenvalue weighted by atomic mass is 16.6. The second-order valence-corrected chi connectivity index (χ2v) is 3.91. The fourth-order valence-electron chi connectivity index (χ4n) is 1.70. The number of hydrogen-bond acceptors (Lipinski definition) is 6. The smallest absolute Gasteiger partial charge is 0.356 e. The van der Waals surface area contributed by atoms with E-state index in [0.29, 0.717) is 6.42 Å². The summed E-state index contributed by atoms with van der Waals surface area (Å²) in [4.78, 5) is 26.6. The molecular formula is C12H12N2O5. The minimum absolute atomic E-state index is 0.00767. The maximum atomic E-state index is 11.4. The number of ether oxygens (including phenoxy) is 1. The zero-order chi connectivity index (χ0) is 13.8. The van der Waals surface area contributed by atoms with Crippen LogP contribution >= 0.6 is 0 Å². The fourth-order valence-corrected chi connectivity index (χ4v) is 1.70. The normalized spacial score (nSPS) is 17.5. The molecule has 1 heterocycles. The van der Waals surface area contributed by atoms with Crippen LogP contribution in [0.3, 0.4) is 0 Å². The van der Waals surface area contributed by atoms with E-state index in [1.807, 2.05) is 0 Å². The Kier molecular flexibility index (Phi) is 3.74. The first-order valence-electron chi connectivity index (χ1n) is 5.76. The summed E-state index contributed by atoms with van der Waals surface area (Å²) < 4.78 is 4.82. The molecule has 0 aliphatic carbocycles. The zero-order valence-electron chi connectivity index (χ0n) is 10.2. The van der Waals surface area contributed by atoms with Crippen LogP contribution in [-0.2, 0) is 14.4 Å². The summed E-state index contributed by atoms with van der Waals surface area (Å²) in [6, 6.07) is 5.96. The Bertz CT molecular complexity index is 523. The van der Waals surface area contributed by atoms with E-state index in [1.165, 1.54) is 12.1 Å². The molecule has 7 nitrogen and oxygen atoms in total. The van der Waals surface area contributed by atoms with Gasteiger partial charge in [0.25, 0.3) is 5.69 Å². The van der Waals surface area contributed by atoms with E-state index in [1.54, 1.807) is 19.1 Å². The maximum absolute atomic E-state index is 11.4. The van der Waals surface area contributed by atoms with E-state index in [-0.39, 0.29) is 18.0 Å². The van der Waals surface area contributed by atoms with Gasteiger partial charge in [0.05, 0.1) is 11.5 Å². The number of carbonyl (C=O) groups excluding carboxylic acids is 1. The molecule has 0 N–H and O–H groups in total. The standard InChI is InChI=1S/C12H12N2O5/c1-2-18-12(15)10-7-11(19-13-10)8-3-5-9(6-4-8)14(16)17/h3-6,11H,2,7H2,1H3. The lowest BCUT2D eigenvalue weighted by molar-refractivity contribution is -0.384. The summed E-state index contributed by atoms with van der Waals surface area (Å²) in [6.07, 6.45) is -0.100. The first-order chi connectivity index (χ1) is 9.11. The highest BCUT2D eigenvalue weighted by Crippen LogP contribution is 2.28. The lowest BCUT2D eigenvalue weighted by atomic mass is 10.0. The Morgan fingerprint density at radius 1 is 1.53 bits per heavy atom. The van der Waals surface area contributed by atoms with Crippen molar-refractivity contribution in [2.75, 3.05) is 6.61 Å². The molecule has 0 saturated carbocycles. The van der Waals surface area contributed by atoms with Gasteiger partial charge in [0.1, 0.15) is 0 Å². The molecule has 0 bridgehead atoms. The van der Waals surface area contributed by atoms with Crippen molar-refractivity contribution < 1.29 is 19.3 Å². The molecule has 1 atom stereocenters. The average molecular weight is 264 g/mol. The topological polar surface area (TPSA) is 91.0 Å². The molecule has 1 aliphatic rings. The molecule has 7 heteroatoms. The summed E-state index contributed by atoms with van der Waals surface area (Å²) in [5.41, 5.74) is 0.965. The van der Waals surface area contributed by atoms with Gasteiger partial charge in [-0.05, 0) is 24.6 Å². The van der Waals surface area contributed by atoms with Crippen LogP contribution in [0, 0.1) is 10.1 Å². The summed E-state index contributed by atoms with van der Waals surface area (Å²) >= 11 is 0. The Balaban J connectivity index is 2.02. The van der Waals surface area contributed by atoms with Crippen molar-refractivity contribution in [3.8, 4) is 0 Å². The summed E-state index contributed by atoms with van der Waals surface area (Å²) in [7, 11) is 0. The number of non-ortho nitro benzene ring substituents is 1. The number of nitro benzene ring substituents is 1. The molecular weight excluding hydrogens is 252 g/mol. The number of rotatable bonds is 4. The Morgan fingerprint density at radius 2 is 2.21 bits per heavy atom. The molecule has 0 amide bonds. The van der Waals surface area contributed by atoms with Gasteiger partial charge in [-0.25, -0.2) is 4.79 Å². The number of hydrogen-bond donors (Lipinski definition) is 0. The second-order valence-electron chi connectivity index (χ2n) is 3.91. The van der Waals surface area contributed by atoms with Gasteiger partial charge in [0, 0.05) is 18.6 Å². The van der Waals surface area contributed by atoms with Gasteiger partial charge in [0.2, 0.25) is 0 Å². The molecule has 1 aromatic rings. The molecule has 1 unspecified atom stereocenters. The first-order valence-corrected chi connectivity index (χ1v) is 5.76. The number of esters is 1. The van der Waals surface area contributed by atoms with Crippen LogP contribution < -0.4 is 0 Å². The highest BCUT2D eigenvalue weighted by molar-refractivity contribution is 6.36. The average Bonchev–Trinajstić information content (AvgIpc) is 2.89. The number of nitro groups is 1. The number of oxime groups is 1. The Labute approximate surface area is 109 Å². The largest absolute Gasteiger partial charge is 0.461 e. The van der Waals surface area contributed by atoms with E-state index < -0.39 is 17.0 Å². The van der Waals surface area contributed by atoms with Crippen LogP contribution in [0.5, 0.6) is 0 Å². The maximum Gasteiger partial charge on any atom is 0.356 e. The van der Waals surface area contributed by atoms with Crippen molar-refractivity contribution in [1.29, 1.82) is 0 Å². The van der Waals surface area contributed by atoms with Crippen molar-refractivity contribution in [2.24, 2.45) is 5.16 Å². The summed E-state index contributed by atoms with van der Waals surface area (Å²) in [5.74, 6) is -0.494. The molecule has 2 rings (SSSR count). The third-order valence-corrected chi connectivity index (χ3v) is 2.66. The van der Waals surface area contributed by atoms with E-state index in [9.17, 15) is 14.9 Å². The van der Waals surface area contributed by atoms with Crippen LogP contribution in [-0.4, -0.2) is 23.2 Å². The van der Waals surface area contributed by atoms with Crippen molar-refractivity contribution in [2.45, 2.75) is 19.4 Å². The van der Waals surface area contributed by atoms with Gasteiger partial charge in [-0.2, -0.15) is 0 Å². The van der Waals surface area contributed by atoms with Crippen LogP contribution in [0.1, 0.15) is 25.0 Å². The molecule has 0 saturated heterocycles. The van der Waals surface area contributed by atoms with Crippen LogP contribution in [0.2, 0.25) is 0 Å². The predicted molar refractivity (Wildman–Crippen MR) is 65.6 cm³/mol. The van der Waals surface area contributed by atoms with Crippen LogP contribution in [0.15, 0.2) is 29.4 Å². The minimum Gasteiger partial charge on any atom is -0.461 e. The van der Waals surface area contributed by atoms with Gasteiger partial charge in [-0.1, -0.05) is 5.16 Å². The third-order valence-electron chi connectivity index (χ3n) is 2.66. The van der Waals surface area contributed by atoms with E-state index in [0.717, 1.165) is 5.56 Å². The van der Waals surface area contributed by atoms with Gasteiger partial charge in [-0.3, -0.25) is 10.1 Å². The zero-order valence-corrected chi connectivity index (χ0v) is 10.2. The molecule has 100 valence electrons. The van der Waals surface area contributed by atoms with Crippen LogP contribution in [0.4, 0.5) is 5.69 Å². The van der Waals surface area contributed by atoms with E-state index in [2.05, 4.69) is 5.16 Å². The lowest BCUT2D eigenvalue weighted by Crippen LogP contribution is -2.16. The molecule has 0 radical (unpaired) electrons. The van der Waals surface area contributed by atoms with Gasteiger partial charge < -0.3 is 9.57 Å². The fraction of sp³-hybridized carbons (Fsp3) is 0.333. The first kappa shape index (κ1) is 13.0. The highest BCUT2D eigenvalue weighted by Gasteiger charge is 2.28. The number of nitrogens with zero attached hydrogens (tertiary/aromatic N) is 2. The van der Waals surface area contributed by atoms with E-state index >= 15 is 0 Å². The monoisotopic (exact) mass is 264 g/mol.